The number of carbonyl (C=O) groups excluding carboxylic acids is 2. The predicted molar refractivity (Wildman–Crippen MR) is 99.4 cm³/mol. The van der Waals surface area contributed by atoms with Gasteiger partial charge in [-0.3, -0.25) is 4.79 Å². The van der Waals surface area contributed by atoms with Crippen molar-refractivity contribution in [2.45, 2.75) is 63.8 Å². The first kappa shape index (κ1) is 18.7. The molecular formula is C20H29N3O3. The van der Waals surface area contributed by atoms with Crippen molar-refractivity contribution >= 4 is 12.0 Å². The van der Waals surface area contributed by atoms with E-state index in [1.54, 1.807) is 6.92 Å². The summed E-state index contributed by atoms with van der Waals surface area (Å²) in [6.07, 6.45) is 4.72. The molecule has 6 heteroatoms. The van der Waals surface area contributed by atoms with Gasteiger partial charge in [0.15, 0.2) is 0 Å². The molecule has 2 amide bonds. The second-order valence-corrected chi connectivity index (χ2v) is 7.39. The Morgan fingerprint density at radius 2 is 1.96 bits per heavy atom. The highest BCUT2D eigenvalue weighted by molar-refractivity contribution is 5.81. The van der Waals surface area contributed by atoms with Crippen LogP contribution in [-0.4, -0.2) is 53.0 Å². The Kier molecular flexibility index (Phi) is 6.14. The Morgan fingerprint density at radius 3 is 2.62 bits per heavy atom. The minimum absolute atomic E-state index is 0.0249. The van der Waals surface area contributed by atoms with E-state index >= 15 is 0 Å². The molecule has 2 fully saturated rings. The van der Waals surface area contributed by atoms with E-state index in [1.165, 1.54) is 0 Å². The molecule has 3 rings (SSSR count). The van der Waals surface area contributed by atoms with E-state index in [4.69, 9.17) is 10.5 Å². The minimum Gasteiger partial charge on any atom is -0.445 e. The van der Waals surface area contributed by atoms with E-state index in [0.29, 0.717) is 6.54 Å². The van der Waals surface area contributed by atoms with Crippen LogP contribution in [0.5, 0.6) is 0 Å². The zero-order valence-corrected chi connectivity index (χ0v) is 15.5. The third kappa shape index (κ3) is 4.75. The molecule has 2 aliphatic rings. The molecule has 6 nitrogen and oxygen atoms in total. The van der Waals surface area contributed by atoms with Crippen LogP contribution in [0.2, 0.25) is 0 Å². The molecule has 1 aromatic carbocycles. The summed E-state index contributed by atoms with van der Waals surface area (Å²) in [6.45, 7) is 3.26. The van der Waals surface area contributed by atoms with E-state index in [0.717, 1.165) is 44.2 Å². The Hall–Kier alpha value is -2.08. The van der Waals surface area contributed by atoms with Crippen molar-refractivity contribution in [1.82, 2.24) is 9.80 Å². The molecule has 26 heavy (non-hydrogen) atoms. The van der Waals surface area contributed by atoms with Crippen LogP contribution in [-0.2, 0) is 16.1 Å². The molecule has 2 N–H and O–H groups in total. The first-order valence-electron chi connectivity index (χ1n) is 9.59. The molecule has 0 unspecified atom stereocenters. The second-order valence-electron chi connectivity index (χ2n) is 7.39. The molecular weight excluding hydrogens is 330 g/mol. The summed E-state index contributed by atoms with van der Waals surface area (Å²) < 4.78 is 5.54. The van der Waals surface area contributed by atoms with Crippen molar-refractivity contribution in [3.05, 3.63) is 35.9 Å². The van der Waals surface area contributed by atoms with Crippen molar-refractivity contribution < 1.29 is 14.3 Å². The maximum absolute atomic E-state index is 12.7. The highest BCUT2D eigenvalue weighted by Gasteiger charge is 2.38. The van der Waals surface area contributed by atoms with Gasteiger partial charge in [-0.2, -0.15) is 0 Å². The van der Waals surface area contributed by atoms with Crippen LogP contribution in [0.1, 0.15) is 44.6 Å². The van der Waals surface area contributed by atoms with Crippen LogP contribution < -0.4 is 5.73 Å². The number of hydrogen-bond donors (Lipinski definition) is 1. The molecule has 1 saturated carbocycles. The molecule has 1 heterocycles. The predicted octanol–water partition coefficient (Wildman–Crippen LogP) is 2.52. The number of benzene rings is 1. The van der Waals surface area contributed by atoms with E-state index in [9.17, 15) is 9.59 Å². The maximum Gasteiger partial charge on any atom is 0.410 e. The summed E-state index contributed by atoms with van der Waals surface area (Å²) in [6, 6.07) is 9.46. The summed E-state index contributed by atoms with van der Waals surface area (Å²) in [5, 5.41) is 0. The lowest BCUT2D eigenvalue weighted by Crippen LogP contribution is -2.54. The fourth-order valence-corrected chi connectivity index (χ4v) is 3.53. The quantitative estimate of drug-likeness (QED) is 0.847. The number of nitrogens with two attached hydrogens (primary N) is 1. The molecule has 0 bridgehead atoms. The summed E-state index contributed by atoms with van der Waals surface area (Å²) in [7, 11) is 0. The normalized spacial score (nSPS) is 21.2. The third-order valence-electron chi connectivity index (χ3n) is 5.13. The number of piperidine rings is 1. The van der Waals surface area contributed by atoms with Crippen LogP contribution in [0.15, 0.2) is 30.3 Å². The lowest BCUT2D eigenvalue weighted by atomic mass is 10.0. The second kappa shape index (κ2) is 8.54. The van der Waals surface area contributed by atoms with Crippen molar-refractivity contribution in [2.24, 2.45) is 5.73 Å². The number of hydrogen-bond acceptors (Lipinski definition) is 4. The Bertz CT molecular complexity index is 616. The zero-order chi connectivity index (χ0) is 18.5. The number of rotatable bonds is 6. The van der Waals surface area contributed by atoms with Crippen LogP contribution in [0.25, 0.3) is 0 Å². The van der Waals surface area contributed by atoms with Crippen LogP contribution >= 0.6 is 0 Å². The SMILES string of the molecule is C[C@H](N)C(=O)N1CCCC[C@@H]1CN(C(=O)OCc1ccccc1)C1CC1. The molecule has 1 saturated heterocycles. The van der Waals surface area contributed by atoms with Gasteiger partial charge in [-0.15, -0.1) is 0 Å². The molecule has 0 aromatic heterocycles. The molecule has 142 valence electrons. The number of ether oxygens (including phenoxy) is 1. The highest BCUT2D eigenvalue weighted by atomic mass is 16.6. The lowest BCUT2D eigenvalue weighted by Gasteiger charge is -2.39. The third-order valence-corrected chi connectivity index (χ3v) is 5.13. The Morgan fingerprint density at radius 1 is 1.23 bits per heavy atom. The van der Waals surface area contributed by atoms with Gasteiger partial charge in [0.1, 0.15) is 6.61 Å². The number of likely N-dealkylation sites (tertiary alicyclic amines) is 1. The molecule has 1 aromatic rings. The van der Waals surface area contributed by atoms with E-state index in [2.05, 4.69) is 0 Å². The van der Waals surface area contributed by atoms with Crippen molar-refractivity contribution in [3.8, 4) is 0 Å². The molecule has 1 aliphatic carbocycles. The molecule has 2 atom stereocenters. The van der Waals surface area contributed by atoms with Gasteiger partial charge in [-0.25, -0.2) is 4.79 Å². The summed E-state index contributed by atoms with van der Waals surface area (Å²) in [5.41, 5.74) is 6.78. The maximum atomic E-state index is 12.7. The van der Waals surface area contributed by atoms with Gasteiger partial charge < -0.3 is 20.3 Å². The summed E-state index contributed by atoms with van der Waals surface area (Å²) in [5.74, 6) is -0.0249. The number of amides is 2. The van der Waals surface area contributed by atoms with E-state index < -0.39 is 6.04 Å². The summed E-state index contributed by atoms with van der Waals surface area (Å²) in [4.78, 5) is 28.8. The van der Waals surface area contributed by atoms with Gasteiger partial charge in [-0.05, 0) is 44.6 Å². The first-order chi connectivity index (χ1) is 12.6. The average Bonchev–Trinajstić information content (AvgIpc) is 3.49. The smallest absolute Gasteiger partial charge is 0.410 e. The topological polar surface area (TPSA) is 75.9 Å². The lowest BCUT2D eigenvalue weighted by molar-refractivity contribution is -0.136. The Balaban J connectivity index is 1.61. The van der Waals surface area contributed by atoms with Crippen molar-refractivity contribution in [2.75, 3.05) is 13.1 Å². The number of nitrogens with zero attached hydrogens (tertiary/aromatic N) is 2. The van der Waals surface area contributed by atoms with Gasteiger partial charge in [0.25, 0.3) is 0 Å². The monoisotopic (exact) mass is 359 g/mol. The summed E-state index contributed by atoms with van der Waals surface area (Å²) >= 11 is 0. The van der Waals surface area contributed by atoms with Gasteiger partial charge >= 0.3 is 6.09 Å². The standard InChI is InChI=1S/C20H29N3O3/c1-15(21)19(24)22-12-6-5-9-18(22)13-23(17-10-11-17)20(25)26-14-16-7-3-2-4-8-16/h2-4,7-8,15,17-18H,5-6,9-14,21H2,1H3/t15-,18+/m0/s1. The Labute approximate surface area is 155 Å². The average molecular weight is 359 g/mol. The number of carbonyl (C=O) groups is 2. The van der Waals surface area contributed by atoms with E-state index in [1.807, 2.05) is 40.1 Å². The van der Waals surface area contributed by atoms with Gasteiger partial charge in [0.05, 0.1) is 6.04 Å². The molecule has 0 spiro atoms. The van der Waals surface area contributed by atoms with Crippen LogP contribution in [0.4, 0.5) is 4.79 Å². The first-order valence-corrected chi connectivity index (χ1v) is 9.59. The zero-order valence-electron chi connectivity index (χ0n) is 15.5. The largest absolute Gasteiger partial charge is 0.445 e. The highest BCUT2D eigenvalue weighted by Crippen LogP contribution is 2.30. The van der Waals surface area contributed by atoms with Crippen LogP contribution in [0.3, 0.4) is 0 Å². The van der Waals surface area contributed by atoms with Gasteiger partial charge in [-0.1, -0.05) is 30.3 Å². The molecule has 0 radical (unpaired) electrons. The van der Waals surface area contributed by atoms with Crippen molar-refractivity contribution in [3.63, 3.8) is 0 Å². The fraction of sp³-hybridized carbons (Fsp3) is 0.600. The van der Waals surface area contributed by atoms with Crippen LogP contribution in [0, 0.1) is 0 Å². The van der Waals surface area contributed by atoms with Crippen molar-refractivity contribution in [1.29, 1.82) is 0 Å². The van der Waals surface area contributed by atoms with E-state index in [-0.39, 0.29) is 30.7 Å². The fourth-order valence-electron chi connectivity index (χ4n) is 3.53. The van der Waals surface area contributed by atoms with Gasteiger partial charge in [0, 0.05) is 25.2 Å². The van der Waals surface area contributed by atoms with Gasteiger partial charge in [0.2, 0.25) is 5.91 Å². The molecule has 1 aliphatic heterocycles. The minimum atomic E-state index is -0.505.